The Hall–Kier alpha value is -0.190. The van der Waals surface area contributed by atoms with Gasteiger partial charge in [0.15, 0.2) is 0 Å². The molecule has 0 saturated heterocycles. The Bertz CT molecular complexity index is 325. The summed E-state index contributed by atoms with van der Waals surface area (Å²) in [5.74, 6) is 2.53. The first-order valence-corrected chi connectivity index (χ1v) is 6.55. The summed E-state index contributed by atoms with van der Waals surface area (Å²) >= 11 is 8.00. The van der Waals surface area contributed by atoms with Gasteiger partial charge in [0, 0.05) is 12.8 Å². The van der Waals surface area contributed by atoms with E-state index in [4.69, 9.17) is 17.3 Å². The highest BCUT2D eigenvalue weighted by Crippen LogP contribution is 2.24. The molecular formula is C10H18ClN3S. The van der Waals surface area contributed by atoms with Crippen molar-refractivity contribution in [1.82, 2.24) is 9.78 Å². The summed E-state index contributed by atoms with van der Waals surface area (Å²) < 4.78 is 1.86. The lowest BCUT2D eigenvalue weighted by Gasteiger charge is -2.07. The summed E-state index contributed by atoms with van der Waals surface area (Å²) in [5, 5.41) is 5.07. The van der Waals surface area contributed by atoms with Crippen molar-refractivity contribution >= 4 is 23.4 Å². The van der Waals surface area contributed by atoms with Gasteiger partial charge < -0.3 is 5.73 Å². The fourth-order valence-corrected chi connectivity index (χ4v) is 2.75. The standard InChI is InChI=1S/C10H18ClN3S/c1-7(4-12)5-15-6-9-10(11)8(2)13-14(9)3/h7H,4-6,12H2,1-3H3. The van der Waals surface area contributed by atoms with Crippen LogP contribution in [0.25, 0.3) is 0 Å². The van der Waals surface area contributed by atoms with Gasteiger partial charge >= 0.3 is 0 Å². The largest absolute Gasteiger partial charge is 0.330 e. The third-order valence-corrected chi connectivity index (χ3v) is 4.08. The van der Waals surface area contributed by atoms with Crippen LogP contribution in [0.1, 0.15) is 18.3 Å². The molecule has 1 unspecified atom stereocenters. The average Bonchev–Trinajstić information content (AvgIpc) is 2.44. The average molecular weight is 248 g/mol. The first kappa shape index (κ1) is 12.9. The number of halogens is 1. The van der Waals surface area contributed by atoms with Crippen molar-refractivity contribution in [3.05, 3.63) is 16.4 Å². The zero-order chi connectivity index (χ0) is 11.4. The maximum atomic E-state index is 6.14. The summed E-state index contributed by atoms with van der Waals surface area (Å²) in [4.78, 5) is 0. The van der Waals surface area contributed by atoms with Crippen molar-refractivity contribution in [3.63, 3.8) is 0 Å². The highest BCUT2D eigenvalue weighted by atomic mass is 35.5. The molecule has 1 aromatic heterocycles. The van der Waals surface area contributed by atoms with E-state index in [1.807, 2.05) is 30.4 Å². The molecule has 2 N–H and O–H groups in total. The van der Waals surface area contributed by atoms with Gasteiger partial charge in [0.25, 0.3) is 0 Å². The van der Waals surface area contributed by atoms with Crippen LogP contribution >= 0.6 is 23.4 Å². The number of aryl methyl sites for hydroxylation is 2. The summed E-state index contributed by atoms with van der Waals surface area (Å²) in [6.45, 7) is 4.83. The van der Waals surface area contributed by atoms with Crippen LogP contribution in [0, 0.1) is 12.8 Å². The van der Waals surface area contributed by atoms with E-state index in [-0.39, 0.29) is 0 Å². The highest BCUT2D eigenvalue weighted by Gasteiger charge is 2.11. The topological polar surface area (TPSA) is 43.8 Å². The Kier molecular flexibility index (Phi) is 4.96. The normalized spacial score (nSPS) is 13.1. The van der Waals surface area contributed by atoms with Gasteiger partial charge in [-0.1, -0.05) is 18.5 Å². The minimum Gasteiger partial charge on any atom is -0.330 e. The van der Waals surface area contributed by atoms with Crippen LogP contribution in [-0.2, 0) is 12.8 Å². The monoisotopic (exact) mass is 247 g/mol. The Morgan fingerprint density at radius 2 is 2.27 bits per heavy atom. The zero-order valence-corrected chi connectivity index (χ0v) is 11.0. The van der Waals surface area contributed by atoms with Crippen molar-refractivity contribution in [2.24, 2.45) is 18.7 Å². The summed E-state index contributed by atoms with van der Waals surface area (Å²) in [6, 6.07) is 0. The molecule has 1 heterocycles. The van der Waals surface area contributed by atoms with Crippen LogP contribution < -0.4 is 5.73 Å². The van der Waals surface area contributed by atoms with E-state index < -0.39 is 0 Å². The Balaban J connectivity index is 2.50. The quantitative estimate of drug-likeness (QED) is 0.868. The molecule has 1 atom stereocenters. The Morgan fingerprint density at radius 3 is 2.73 bits per heavy atom. The van der Waals surface area contributed by atoms with Crippen molar-refractivity contribution in [1.29, 1.82) is 0 Å². The molecule has 0 spiro atoms. The van der Waals surface area contributed by atoms with Crippen LogP contribution in [0.15, 0.2) is 0 Å². The summed E-state index contributed by atoms with van der Waals surface area (Å²) in [7, 11) is 1.93. The van der Waals surface area contributed by atoms with Gasteiger partial charge in [-0.3, -0.25) is 4.68 Å². The van der Waals surface area contributed by atoms with E-state index in [2.05, 4.69) is 12.0 Å². The summed E-state index contributed by atoms with van der Waals surface area (Å²) in [6.07, 6.45) is 0. The number of thioether (sulfide) groups is 1. The molecule has 5 heteroatoms. The van der Waals surface area contributed by atoms with Gasteiger partial charge in [0.05, 0.1) is 16.4 Å². The Morgan fingerprint density at radius 1 is 1.60 bits per heavy atom. The van der Waals surface area contributed by atoms with Crippen molar-refractivity contribution in [2.75, 3.05) is 12.3 Å². The van der Waals surface area contributed by atoms with Gasteiger partial charge in [0.1, 0.15) is 0 Å². The van der Waals surface area contributed by atoms with Gasteiger partial charge in [-0.2, -0.15) is 16.9 Å². The molecule has 0 radical (unpaired) electrons. The molecule has 0 aliphatic rings. The molecule has 0 aliphatic heterocycles. The Labute approximate surface area is 100 Å². The molecule has 0 amide bonds. The minimum atomic E-state index is 0.558. The number of hydrogen-bond acceptors (Lipinski definition) is 3. The van der Waals surface area contributed by atoms with Crippen molar-refractivity contribution < 1.29 is 0 Å². The first-order valence-electron chi connectivity index (χ1n) is 5.02. The second kappa shape index (κ2) is 5.77. The molecule has 1 rings (SSSR count). The lowest BCUT2D eigenvalue weighted by molar-refractivity contribution is 0.674. The number of nitrogens with zero attached hydrogens (tertiary/aromatic N) is 2. The van der Waals surface area contributed by atoms with Crippen molar-refractivity contribution in [2.45, 2.75) is 19.6 Å². The molecule has 0 saturated carbocycles. The first-order chi connectivity index (χ1) is 7.06. The van der Waals surface area contributed by atoms with Gasteiger partial charge in [-0.25, -0.2) is 0 Å². The molecule has 0 bridgehead atoms. The fraction of sp³-hybridized carbons (Fsp3) is 0.700. The van der Waals surface area contributed by atoms with E-state index in [9.17, 15) is 0 Å². The number of aromatic nitrogens is 2. The van der Waals surface area contributed by atoms with Gasteiger partial charge in [0.2, 0.25) is 0 Å². The van der Waals surface area contributed by atoms with Gasteiger partial charge in [-0.05, 0) is 25.1 Å². The number of hydrogen-bond donors (Lipinski definition) is 1. The molecule has 0 aromatic carbocycles. The number of nitrogens with two attached hydrogens (primary N) is 1. The second-order valence-corrected chi connectivity index (χ2v) is 5.23. The third kappa shape index (κ3) is 3.40. The van der Waals surface area contributed by atoms with E-state index in [1.165, 1.54) is 0 Å². The van der Waals surface area contributed by atoms with E-state index >= 15 is 0 Å². The van der Waals surface area contributed by atoms with E-state index in [0.29, 0.717) is 5.92 Å². The molecular weight excluding hydrogens is 230 g/mol. The SMILES string of the molecule is Cc1nn(C)c(CSCC(C)CN)c1Cl. The third-order valence-electron chi connectivity index (χ3n) is 2.31. The summed E-state index contributed by atoms with van der Waals surface area (Å²) in [5.41, 5.74) is 7.56. The van der Waals surface area contributed by atoms with Gasteiger partial charge in [-0.15, -0.1) is 0 Å². The van der Waals surface area contributed by atoms with E-state index in [1.54, 1.807) is 0 Å². The maximum Gasteiger partial charge on any atom is 0.0855 e. The molecule has 0 aliphatic carbocycles. The fourth-order valence-electron chi connectivity index (χ4n) is 1.26. The lowest BCUT2D eigenvalue weighted by Crippen LogP contribution is -2.13. The van der Waals surface area contributed by atoms with Crippen LogP contribution in [0.3, 0.4) is 0 Å². The lowest BCUT2D eigenvalue weighted by atomic mass is 10.2. The zero-order valence-electron chi connectivity index (χ0n) is 9.46. The highest BCUT2D eigenvalue weighted by molar-refractivity contribution is 7.98. The number of rotatable bonds is 5. The molecule has 86 valence electrons. The predicted octanol–water partition coefficient (Wildman–Crippen LogP) is 2.21. The molecule has 3 nitrogen and oxygen atoms in total. The second-order valence-electron chi connectivity index (χ2n) is 3.83. The smallest absolute Gasteiger partial charge is 0.0855 e. The molecule has 0 fully saturated rings. The van der Waals surface area contributed by atoms with Crippen LogP contribution in [0.5, 0.6) is 0 Å². The van der Waals surface area contributed by atoms with Crippen LogP contribution in [0.2, 0.25) is 5.02 Å². The van der Waals surface area contributed by atoms with Crippen LogP contribution in [-0.4, -0.2) is 22.1 Å². The van der Waals surface area contributed by atoms with Crippen LogP contribution in [0.4, 0.5) is 0 Å². The molecule has 1 aromatic rings. The maximum absolute atomic E-state index is 6.14. The minimum absolute atomic E-state index is 0.558. The molecule has 15 heavy (non-hydrogen) atoms. The predicted molar refractivity (Wildman–Crippen MR) is 67.3 cm³/mol. The van der Waals surface area contributed by atoms with Crippen molar-refractivity contribution in [3.8, 4) is 0 Å². The van der Waals surface area contributed by atoms with E-state index in [0.717, 1.165) is 34.5 Å².